The lowest BCUT2D eigenvalue weighted by Gasteiger charge is -2.33. The Labute approximate surface area is 117 Å². The predicted molar refractivity (Wildman–Crippen MR) is 75.0 cm³/mol. The van der Waals surface area contributed by atoms with Crippen LogP contribution < -0.4 is 4.90 Å². The van der Waals surface area contributed by atoms with Crippen molar-refractivity contribution in [3.05, 3.63) is 33.9 Å². The maximum Gasteiger partial charge on any atom is 0.303 e. The van der Waals surface area contributed by atoms with E-state index >= 15 is 0 Å². The number of rotatable bonds is 4. The van der Waals surface area contributed by atoms with Crippen molar-refractivity contribution in [2.45, 2.75) is 26.2 Å². The highest BCUT2D eigenvalue weighted by atomic mass is 16.6. The molecule has 20 heavy (non-hydrogen) atoms. The van der Waals surface area contributed by atoms with Gasteiger partial charge < -0.3 is 10.0 Å². The number of aliphatic carboxylic acids is 1. The van der Waals surface area contributed by atoms with Crippen LogP contribution in [0.4, 0.5) is 11.4 Å². The molecule has 1 atom stereocenters. The van der Waals surface area contributed by atoms with Crippen LogP contribution in [0.25, 0.3) is 0 Å². The van der Waals surface area contributed by atoms with Crippen LogP contribution in [0.3, 0.4) is 0 Å². The van der Waals surface area contributed by atoms with Crippen LogP contribution in [0, 0.1) is 23.0 Å². The monoisotopic (exact) mass is 278 g/mol. The quantitative estimate of drug-likeness (QED) is 0.676. The van der Waals surface area contributed by atoms with Crippen LogP contribution in [0.2, 0.25) is 0 Å². The van der Waals surface area contributed by atoms with Crippen molar-refractivity contribution in [2.24, 2.45) is 5.92 Å². The topological polar surface area (TPSA) is 83.7 Å². The minimum absolute atomic E-state index is 0.0568. The highest BCUT2D eigenvalue weighted by Crippen LogP contribution is 2.34. The first-order chi connectivity index (χ1) is 9.49. The third kappa shape index (κ3) is 3.07. The van der Waals surface area contributed by atoms with Gasteiger partial charge in [0.15, 0.2) is 0 Å². The number of piperidine rings is 1. The molecule has 1 saturated heterocycles. The Kier molecular flexibility index (Phi) is 4.22. The van der Waals surface area contributed by atoms with Crippen LogP contribution in [-0.4, -0.2) is 29.1 Å². The van der Waals surface area contributed by atoms with E-state index in [-0.39, 0.29) is 22.9 Å². The van der Waals surface area contributed by atoms with E-state index in [1.165, 1.54) is 0 Å². The molecule has 2 rings (SSSR count). The molecule has 0 bridgehead atoms. The summed E-state index contributed by atoms with van der Waals surface area (Å²) in [5.74, 6) is -0.753. The fourth-order valence-corrected chi connectivity index (χ4v) is 2.83. The molecular formula is C14H18N2O4. The molecule has 1 aliphatic rings. The van der Waals surface area contributed by atoms with E-state index in [0.29, 0.717) is 17.8 Å². The number of nitrogens with zero attached hydrogens (tertiary/aromatic N) is 2. The summed E-state index contributed by atoms with van der Waals surface area (Å²) in [5.41, 5.74) is 1.36. The second-order valence-corrected chi connectivity index (χ2v) is 5.25. The van der Waals surface area contributed by atoms with E-state index in [1.54, 1.807) is 25.1 Å². The third-order valence-corrected chi connectivity index (χ3v) is 3.72. The Balaban J connectivity index is 2.25. The first-order valence-electron chi connectivity index (χ1n) is 6.69. The second-order valence-electron chi connectivity index (χ2n) is 5.25. The van der Waals surface area contributed by atoms with Crippen molar-refractivity contribution >= 4 is 17.3 Å². The fourth-order valence-electron chi connectivity index (χ4n) is 2.83. The van der Waals surface area contributed by atoms with Gasteiger partial charge in [-0.1, -0.05) is 12.1 Å². The van der Waals surface area contributed by atoms with Crippen molar-refractivity contribution in [1.82, 2.24) is 0 Å². The van der Waals surface area contributed by atoms with E-state index < -0.39 is 5.97 Å². The number of anilines is 1. The molecule has 0 amide bonds. The summed E-state index contributed by atoms with van der Waals surface area (Å²) < 4.78 is 0. The van der Waals surface area contributed by atoms with Crippen molar-refractivity contribution in [1.29, 1.82) is 0 Å². The van der Waals surface area contributed by atoms with Gasteiger partial charge in [0.1, 0.15) is 5.69 Å². The number of benzene rings is 1. The van der Waals surface area contributed by atoms with E-state index in [9.17, 15) is 14.9 Å². The van der Waals surface area contributed by atoms with Gasteiger partial charge in [-0.2, -0.15) is 0 Å². The van der Waals surface area contributed by atoms with Crippen LogP contribution in [0.5, 0.6) is 0 Å². The fraction of sp³-hybridized carbons (Fsp3) is 0.500. The van der Waals surface area contributed by atoms with E-state index in [4.69, 9.17) is 5.11 Å². The van der Waals surface area contributed by atoms with Gasteiger partial charge in [-0.05, 0) is 31.7 Å². The van der Waals surface area contributed by atoms with E-state index in [1.807, 2.05) is 4.90 Å². The maximum absolute atomic E-state index is 11.2. The normalized spacial score (nSPS) is 18.9. The minimum atomic E-state index is -0.810. The number of aryl methyl sites for hydroxylation is 1. The number of carbonyl (C=O) groups is 1. The smallest absolute Gasteiger partial charge is 0.303 e. The van der Waals surface area contributed by atoms with Gasteiger partial charge in [-0.25, -0.2) is 0 Å². The number of para-hydroxylation sites is 1. The highest BCUT2D eigenvalue weighted by molar-refractivity contribution is 5.68. The van der Waals surface area contributed by atoms with Gasteiger partial charge in [-0.15, -0.1) is 0 Å². The average Bonchev–Trinajstić information content (AvgIpc) is 2.37. The Morgan fingerprint density at radius 1 is 1.55 bits per heavy atom. The summed E-state index contributed by atoms with van der Waals surface area (Å²) in [6.45, 7) is 3.03. The molecule has 1 fully saturated rings. The van der Waals surface area contributed by atoms with Gasteiger partial charge in [-0.3, -0.25) is 14.9 Å². The molecule has 0 spiro atoms. The largest absolute Gasteiger partial charge is 0.481 e. The van der Waals surface area contributed by atoms with Crippen molar-refractivity contribution in [3.8, 4) is 0 Å². The first kappa shape index (κ1) is 14.3. The molecular weight excluding hydrogens is 260 g/mol. The second kappa shape index (κ2) is 5.90. The Hall–Kier alpha value is -2.11. The Morgan fingerprint density at radius 2 is 2.30 bits per heavy atom. The zero-order valence-electron chi connectivity index (χ0n) is 11.4. The summed E-state index contributed by atoms with van der Waals surface area (Å²) in [7, 11) is 0. The summed E-state index contributed by atoms with van der Waals surface area (Å²) in [6, 6.07) is 5.27. The number of nitro groups is 1. The van der Waals surface area contributed by atoms with Crippen molar-refractivity contribution < 1.29 is 14.8 Å². The lowest BCUT2D eigenvalue weighted by atomic mass is 9.94. The molecule has 1 aliphatic heterocycles. The maximum atomic E-state index is 11.2. The molecule has 1 unspecified atom stereocenters. The molecule has 0 saturated carbocycles. The first-order valence-corrected chi connectivity index (χ1v) is 6.69. The van der Waals surface area contributed by atoms with Crippen LogP contribution >= 0.6 is 0 Å². The Morgan fingerprint density at radius 3 is 2.95 bits per heavy atom. The predicted octanol–water partition coefficient (Wildman–Crippen LogP) is 2.59. The minimum Gasteiger partial charge on any atom is -0.481 e. The summed E-state index contributed by atoms with van der Waals surface area (Å²) >= 11 is 0. The molecule has 6 heteroatoms. The van der Waals surface area contributed by atoms with Crippen LogP contribution in [0.15, 0.2) is 18.2 Å². The van der Waals surface area contributed by atoms with Crippen molar-refractivity contribution in [2.75, 3.05) is 18.0 Å². The standard InChI is InChI=1S/C14H18N2O4/c1-10-4-2-6-12(14(10)16(19)20)15-7-3-5-11(9-15)8-13(17)18/h2,4,6,11H,3,5,7-9H2,1H3,(H,17,18). The SMILES string of the molecule is Cc1cccc(N2CCCC(CC(=O)O)C2)c1[N+](=O)[O-]. The van der Waals surface area contributed by atoms with Gasteiger partial charge >= 0.3 is 5.97 Å². The molecule has 1 heterocycles. The number of nitro benzene ring substituents is 1. The average molecular weight is 278 g/mol. The molecule has 1 N–H and O–H groups in total. The van der Waals surface area contributed by atoms with Gasteiger partial charge in [0.2, 0.25) is 0 Å². The van der Waals surface area contributed by atoms with Gasteiger partial charge in [0.05, 0.1) is 4.92 Å². The molecule has 108 valence electrons. The van der Waals surface area contributed by atoms with E-state index in [0.717, 1.165) is 19.4 Å². The zero-order chi connectivity index (χ0) is 14.7. The molecule has 1 aromatic carbocycles. The van der Waals surface area contributed by atoms with Crippen molar-refractivity contribution in [3.63, 3.8) is 0 Å². The number of hydrogen-bond donors (Lipinski definition) is 1. The molecule has 1 aromatic rings. The van der Waals surface area contributed by atoms with E-state index in [2.05, 4.69) is 0 Å². The summed E-state index contributed by atoms with van der Waals surface area (Å²) in [4.78, 5) is 23.6. The lowest BCUT2D eigenvalue weighted by molar-refractivity contribution is -0.384. The van der Waals surface area contributed by atoms with Crippen LogP contribution in [-0.2, 0) is 4.79 Å². The van der Waals surface area contributed by atoms with Gasteiger partial charge in [0.25, 0.3) is 5.69 Å². The van der Waals surface area contributed by atoms with Crippen LogP contribution in [0.1, 0.15) is 24.8 Å². The van der Waals surface area contributed by atoms with Gasteiger partial charge in [0, 0.05) is 25.1 Å². The molecule has 0 aromatic heterocycles. The number of carboxylic acids is 1. The highest BCUT2D eigenvalue weighted by Gasteiger charge is 2.27. The lowest BCUT2D eigenvalue weighted by Crippen LogP contribution is -2.36. The molecule has 0 aliphatic carbocycles. The number of hydrogen-bond acceptors (Lipinski definition) is 4. The molecule has 0 radical (unpaired) electrons. The Bertz CT molecular complexity index is 530. The summed E-state index contributed by atoms with van der Waals surface area (Å²) in [6.07, 6.45) is 1.85. The molecule has 6 nitrogen and oxygen atoms in total. The zero-order valence-corrected chi connectivity index (χ0v) is 11.4. The number of carboxylic acid groups (broad SMARTS) is 1. The summed E-state index contributed by atoms with van der Waals surface area (Å²) in [5, 5.41) is 20.1. The third-order valence-electron chi connectivity index (χ3n) is 3.72.